The van der Waals surface area contributed by atoms with E-state index >= 15 is 0 Å². The van der Waals surface area contributed by atoms with Crippen molar-refractivity contribution < 1.29 is 24.9 Å². The Labute approximate surface area is 152 Å². The maximum Gasteiger partial charge on any atom is 0.317 e. The lowest BCUT2D eigenvalue weighted by molar-refractivity contribution is -0.149. The minimum atomic E-state index is -1.49. The van der Waals surface area contributed by atoms with Crippen LogP contribution in [0.2, 0.25) is 0 Å². The van der Waals surface area contributed by atoms with Crippen LogP contribution >= 0.6 is 0 Å². The number of ketones is 1. The summed E-state index contributed by atoms with van der Waals surface area (Å²) in [6.45, 7) is 4.23. The Morgan fingerprint density at radius 1 is 0.840 bits per heavy atom. The topological polar surface area (TPSA) is 94.8 Å². The number of aliphatic hydroxyl groups excluding tert-OH is 2. The molecule has 2 atom stereocenters. The molecule has 2 unspecified atom stereocenters. The van der Waals surface area contributed by atoms with E-state index in [1.54, 1.807) is 0 Å². The van der Waals surface area contributed by atoms with E-state index in [9.17, 15) is 24.9 Å². The van der Waals surface area contributed by atoms with Crippen LogP contribution in [0.15, 0.2) is 11.8 Å². The zero-order valence-electron chi connectivity index (χ0n) is 15.9. The SMILES string of the molecule is CCCCCCCC(O)=CC(=O)C(C(=O)O)C(O)CCCCCCC. The van der Waals surface area contributed by atoms with Crippen molar-refractivity contribution in [3.63, 3.8) is 0 Å². The number of hydrogen-bond acceptors (Lipinski definition) is 4. The predicted octanol–water partition coefficient (Wildman–Crippen LogP) is 4.78. The molecule has 0 rings (SSSR count). The molecule has 3 N–H and O–H groups in total. The van der Waals surface area contributed by atoms with Crippen LogP contribution < -0.4 is 0 Å². The van der Waals surface area contributed by atoms with Gasteiger partial charge in [0, 0.05) is 12.5 Å². The molecule has 146 valence electrons. The number of allylic oxidation sites excluding steroid dienone is 2. The summed E-state index contributed by atoms with van der Waals surface area (Å²) in [5.74, 6) is -3.64. The van der Waals surface area contributed by atoms with Gasteiger partial charge >= 0.3 is 5.97 Å². The second-order valence-electron chi connectivity index (χ2n) is 6.79. The van der Waals surface area contributed by atoms with E-state index in [1.165, 1.54) is 0 Å². The summed E-state index contributed by atoms with van der Waals surface area (Å²) in [5.41, 5.74) is 0. The fourth-order valence-electron chi connectivity index (χ4n) is 2.84. The molecule has 0 aliphatic carbocycles. The van der Waals surface area contributed by atoms with Gasteiger partial charge in [-0.3, -0.25) is 9.59 Å². The highest BCUT2D eigenvalue weighted by Crippen LogP contribution is 2.17. The van der Waals surface area contributed by atoms with Crippen molar-refractivity contribution in [2.75, 3.05) is 0 Å². The molecule has 5 heteroatoms. The van der Waals surface area contributed by atoms with E-state index in [2.05, 4.69) is 13.8 Å². The van der Waals surface area contributed by atoms with E-state index in [0.717, 1.165) is 63.9 Å². The monoisotopic (exact) mass is 356 g/mol. The number of carbonyl (C=O) groups excluding carboxylic acids is 1. The lowest BCUT2D eigenvalue weighted by Crippen LogP contribution is -2.34. The zero-order chi connectivity index (χ0) is 19.1. The van der Waals surface area contributed by atoms with Crippen molar-refractivity contribution in [3.05, 3.63) is 11.8 Å². The average molecular weight is 357 g/mol. The second-order valence-corrected chi connectivity index (χ2v) is 6.79. The highest BCUT2D eigenvalue weighted by Gasteiger charge is 2.32. The van der Waals surface area contributed by atoms with Gasteiger partial charge in [0.05, 0.1) is 11.9 Å². The Bertz CT molecular complexity index is 403. The van der Waals surface area contributed by atoms with Crippen LogP contribution in [0.3, 0.4) is 0 Å². The van der Waals surface area contributed by atoms with E-state index < -0.39 is 23.8 Å². The molecule has 0 spiro atoms. The summed E-state index contributed by atoms with van der Waals surface area (Å²) in [6, 6.07) is 0. The molecular weight excluding hydrogens is 320 g/mol. The van der Waals surface area contributed by atoms with Crippen molar-refractivity contribution in [3.8, 4) is 0 Å². The van der Waals surface area contributed by atoms with Gasteiger partial charge < -0.3 is 15.3 Å². The van der Waals surface area contributed by atoms with Crippen molar-refractivity contribution in [1.82, 2.24) is 0 Å². The lowest BCUT2D eigenvalue weighted by atomic mass is 9.92. The first-order chi connectivity index (χ1) is 11.9. The smallest absolute Gasteiger partial charge is 0.317 e. The average Bonchev–Trinajstić information content (AvgIpc) is 2.54. The van der Waals surface area contributed by atoms with E-state index in [4.69, 9.17) is 0 Å². The fraction of sp³-hybridized carbons (Fsp3) is 0.800. The molecule has 0 saturated carbocycles. The molecule has 0 aromatic heterocycles. The fourth-order valence-corrected chi connectivity index (χ4v) is 2.84. The Kier molecular flexibility index (Phi) is 14.1. The van der Waals surface area contributed by atoms with Gasteiger partial charge in [0.2, 0.25) is 0 Å². The third-order valence-corrected chi connectivity index (χ3v) is 4.41. The molecule has 5 nitrogen and oxygen atoms in total. The summed E-state index contributed by atoms with van der Waals surface area (Å²) in [4.78, 5) is 23.5. The van der Waals surface area contributed by atoms with Gasteiger partial charge in [0.15, 0.2) is 5.78 Å². The molecule has 0 radical (unpaired) electrons. The van der Waals surface area contributed by atoms with Gasteiger partial charge in [0.1, 0.15) is 5.92 Å². The molecule has 0 bridgehead atoms. The minimum Gasteiger partial charge on any atom is -0.512 e. The maximum absolute atomic E-state index is 12.1. The van der Waals surface area contributed by atoms with Crippen LogP contribution in [0, 0.1) is 5.92 Å². The van der Waals surface area contributed by atoms with Gasteiger partial charge in [-0.05, 0) is 12.8 Å². The third kappa shape index (κ3) is 11.8. The summed E-state index contributed by atoms with van der Waals surface area (Å²) in [5, 5.41) is 29.2. The number of unbranched alkanes of at least 4 members (excludes halogenated alkanes) is 8. The quantitative estimate of drug-likeness (QED) is 0.160. The molecule has 0 fully saturated rings. The second kappa shape index (κ2) is 14.9. The van der Waals surface area contributed by atoms with Gasteiger partial charge in [-0.15, -0.1) is 0 Å². The largest absolute Gasteiger partial charge is 0.512 e. The summed E-state index contributed by atoms with van der Waals surface area (Å²) in [6.07, 6.45) is 10.5. The van der Waals surface area contributed by atoms with Crippen molar-refractivity contribution in [2.45, 2.75) is 97.0 Å². The standard InChI is InChI=1S/C20H36O5/c1-3-5-7-9-11-13-16(21)15-18(23)19(20(24)25)17(22)14-12-10-8-6-4-2/h15,17,19,21-22H,3-14H2,1-2H3,(H,24,25). The first-order valence-electron chi connectivity index (χ1n) is 9.78. The van der Waals surface area contributed by atoms with Crippen LogP contribution in [0.1, 0.15) is 90.9 Å². The van der Waals surface area contributed by atoms with Crippen LogP contribution in [-0.2, 0) is 9.59 Å². The number of rotatable bonds is 16. The molecule has 0 aromatic rings. The predicted molar refractivity (Wildman–Crippen MR) is 99.6 cm³/mol. The van der Waals surface area contributed by atoms with Crippen LogP contribution in [0.5, 0.6) is 0 Å². The van der Waals surface area contributed by atoms with Gasteiger partial charge in [-0.2, -0.15) is 0 Å². The first kappa shape index (κ1) is 23.6. The lowest BCUT2D eigenvalue weighted by Gasteiger charge is -2.17. The summed E-state index contributed by atoms with van der Waals surface area (Å²) in [7, 11) is 0. The van der Waals surface area contributed by atoms with Crippen molar-refractivity contribution >= 4 is 11.8 Å². The zero-order valence-corrected chi connectivity index (χ0v) is 15.9. The van der Waals surface area contributed by atoms with E-state index in [-0.39, 0.29) is 12.2 Å². The number of aliphatic hydroxyl groups is 2. The van der Waals surface area contributed by atoms with Crippen LogP contribution in [0.4, 0.5) is 0 Å². The van der Waals surface area contributed by atoms with Crippen LogP contribution in [-0.4, -0.2) is 33.2 Å². The third-order valence-electron chi connectivity index (χ3n) is 4.41. The number of aliphatic carboxylic acids is 1. The minimum absolute atomic E-state index is 0.0945. The van der Waals surface area contributed by atoms with Crippen molar-refractivity contribution in [2.24, 2.45) is 5.92 Å². The number of carboxylic acid groups (broad SMARTS) is 1. The number of carboxylic acids is 1. The van der Waals surface area contributed by atoms with Crippen LogP contribution in [0.25, 0.3) is 0 Å². The molecule has 0 aliphatic heterocycles. The normalized spacial score (nSPS) is 14.3. The molecule has 0 heterocycles. The first-order valence-corrected chi connectivity index (χ1v) is 9.78. The van der Waals surface area contributed by atoms with E-state index in [1.807, 2.05) is 0 Å². The Balaban J connectivity index is 4.41. The summed E-state index contributed by atoms with van der Waals surface area (Å²) < 4.78 is 0. The van der Waals surface area contributed by atoms with Gasteiger partial charge in [-0.25, -0.2) is 0 Å². The molecule has 25 heavy (non-hydrogen) atoms. The summed E-state index contributed by atoms with van der Waals surface area (Å²) >= 11 is 0. The Morgan fingerprint density at radius 3 is 1.88 bits per heavy atom. The molecule has 0 aliphatic rings. The Morgan fingerprint density at radius 2 is 1.36 bits per heavy atom. The Hall–Kier alpha value is -1.36. The van der Waals surface area contributed by atoms with Gasteiger partial charge in [0.25, 0.3) is 0 Å². The molecule has 0 amide bonds. The number of hydrogen-bond donors (Lipinski definition) is 3. The van der Waals surface area contributed by atoms with Crippen molar-refractivity contribution in [1.29, 1.82) is 0 Å². The molecule has 0 saturated heterocycles. The number of carbonyl (C=O) groups is 2. The maximum atomic E-state index is 12.1. The van der Waals surface area contributed by atoms with Gasteiger partial charge in [-0.1, -0.05) is 71.6 Å². The highest BCUT2D eigenvalue weighted by molar-refractivity contribution is 6.05. The molecular formula is C20H36O5. The molecule has 0 aromatic carbocycles. The highest BCUT2D eigenvalue weighted by atomic mass is 16.4. The van der Waals surface area contributed by atoms with E-state index in [0.29, 0.717) is 12.8 Å².